The summed E-state index contributed by atoms with van der Waals surface area (Å²) in [5.41, 5.74) is 6.62. The van der Waals surface area contributed by atoms with Crippen LogP contribution in [-0.4, -0.2) is 12.3 Å². The Kier molecular flexibility index (Phi) is 2.87. The Labute approximate surface area is 170 Å². The highest BCUT2D eigenvalue weighted by Crippen LogP contribution is 2.58. The zero-order valence-corrected chi connectivity index (χ0v) is 15.8. The number of anilines is 4. The van der Waals surface area contributed by atoms with E-state index in [0.29, 0.717) is 5.92 Å². The van der Waals surface area contributed by atoms with Crippen molar-refractivity contribution in [1.82, 2.24) is 0 Å². The van der Waals surface area contributed by atoms with Crippen molar-refractivity contribution in [2.45, 2.75) is 18.2 Å². The third-order valence-electron chi connectivity index (χ3n) is 6.62. The molecule has 3 aromatic carbocycles. The number of fused-ring (bicyclic) bond motifs is 6. The van der Waals surface area contributed by atoms with Crippen LogP contribution in [0.5, 0.6) is 0 Å². The maximum atomic E-state index is 2.45. The van der Waals surface area contributed by atoms with Crippen LogP contribution < -0.4 is 19.6 Å². The van der Waals surface area contributed by atoms with Gasteiger partial charge in [-0.2, -0.15) is 0 Å². The summed E-state index contributed by atoms with van der Waals surface area (Å²) in [5.74, 6) is 0.353. The van der Waals surface area contributed by atoms with E-state index in [-0.39, 0.29) is 12.3 Å². The number of benzene rings is 3. The fourth-order valence-electron chi connectivity index (χ4n) is 5.51. The number of para-hydroxylation sites is 2. The highest BCUT2D eigenvalue weighted by molar-refractivity contribution is 5.84. The lowest BCUT2D eigenvalue weighted by Gasteiger charge is -2.38. The molecule has 0 radical (unpaired) electrons. The van der Waals surface area contributed by atoms with Gasteiger partial charge in [-0.1, -0.05) is 42.5 Å². The lowest BCUT2D eigenvalue weighted by atomic mass is 9.96. The maximum Gasteiger partial charge on any atom is 0.121 e. The van der Waals surface area contributed by atoms with E-state index in [0.717, 1.165) is 0 Å². The first-order valence-corrected chi connectivity index (χ1v) is 10.1. The van der Waals surface area contributed by atoms with Crippen LogP contribution in [0.4, 0.5) is 22.7 Å². The molecule has 2 atom stereocenters. The molecule has 29 heavy (non-hydrogen) atoms. The van der Waals surface area contributed by atoms with Gasteiger partial charge in [0, 0.05) is 53.1 Å². The minimum absolute atomic E-state index is 0.245. The predicted octanol–water partition coefficient (Wildman–Crippen LogP) is 5.05. The van der Waals surface area contributed by atoms with E-state index in [1.807, 2.05) is 0 Å². The SMILES string of the molecule is C1=CN2c3cccc4c3C(C2N1c1ccccc1)C1N(c2ccccc2)C=CN41. The van der Waals surface area contributed by atoms with Crippen LogP contribution in [0, 0.1) is 0 Å². The summed E-state index contributed by atoms with van der Waals surface area (Å²) in [6.07, 6.45) is 9.43. The average Bonchev–Trinajstić information content (AvgIpc) is 3.52. The summed E-state index contributed by atoms with van der Waals surface area (Å²) in [6.45, 7) is 0. The minimum Gasteiger partial charge on any atom is -0.325 e. The quantitative estimate of drug-likeness (QED) is 0.621. The molecule has 0 saturated heterocycles. The normalized spacial score (nSPS) is 25.0. The second kappa shape index (κ2) is 5.45. The van der Waals surface area contributed by atoms with Crippen molar-refractivity contribution in [1.29, 1.82) is 0 Å². The molecule has 4 heteroatoms. The van der Waals surface area contributed by atoms with E-state index < -0.39 is 0 Å². The first-order chi connectivity index (χ1) is 14.4. The molecule has 0 saturated carbocycles. The van der Waals surface area contributed by atoms with Crippen molar-refractivity contribution in [2.24, 2.45) is 0 Å². The van der Waals surface area contributed by atoms with E-state index >= 15 is 0 Å². The Morgan fingerprint density at radius 3 is 1.38 bits per heavy atom. The van der Waals surface area contributed by atoms with Gasteiger partial charge in [-0.15, -0.1) is 0 Å². The van der Waals surface area contributed by atoms with Crippen molar-refractivity contribution in [3.8, 4) is 0 Å². The van der Waals surface area contributed by atoms with Crippen LogP contribution in [0.15, 0.2) is 104 Å². The fraction of sp³-hybridized carbons (Fsp3) is 0.120. The van der Waals surface area contributed by atoms with E-state index in [4.69, 9.17) is 0 Å². The van der Waals surface area contributed by atoms with Crippen LogP contribution in [0.1, 0.15) is 11.5 Å². The lowest BCUT2D eigenvalue weighted by Crippen LogP contribution is -2.49. The molecule has 0 N–H and O–H groups in total. The Balaban J connectivity index is 1.39. The van der Waals surface area contributed by atoms with E-state index in [2.05, 4.69) is 123 Å². The highest BCUT2D eigenvalue weighted by Gasteiger charge is 2.56. The summed E-state index contributed by atoms with van der Waals surface area (Å²) in [6, 6.07) is 28.2. The van der Waals surface area contributed by atoms with Crippen LogP contribution in [-0.2, 0) is 0 Å². The molecule has 0 aromatic heterocycles. The molecule has 2 unspecified atom stereocenters. The summed E-state index contributed by atoms with van der Waals surface area (Å²) in [5, 5.41) is 0. The molecule has 0 fully saturated rings. The molecule has 0 bridgehead atoms. The van der Waals surface area contributed by atoms with Gasteiger partial charge in [-0.05, 0) is 36.4 Å². The molecular weight excluding hydrogens is 356 g/mol. The Hall–Kier alpha value is -3.66. The Morgan fingerprint density at radius 1 is 0.448 bits per heavy atom. The summed E-state index contributed by atoms with van der Waals surface area (Å²) >= 11 is 0. The molecule has 4 heterocycles. The zero-order valence-electron chi connectivity index (χ0n) is 15.8. The molecule has 0 aliphatic carbocycles. The van der Waals surface area contributed by atoms with Gasteiger partial charge in [0.25, 0.3) is 0 Å². The molecule has 140 valence electrons. The zero-order chi connectivity index (χ0) is 18.9. The van der Waals surface area contributed by atoms with Gasteiger partial charge >= 0.3 is 0 Å². The van der Waals surface area contributed by atoms with Crippen LogP contribution in [0.25, 0.3) is 0 Å². The highest BCUT2D eigenvalue weighted by atomic mass is 15.5. The topological polar surface area (TPSA) is 13.0 Å². The summed E-state index contributed by atoms with van der Waals surface area (Å²) in [4.78, 5) is 9.77. The van der Waals surface area contributed by atoms with Gasteiger partial charge < -0.3 is 19.6 Å². The average molecular weight is 376 g/mol. The second-order valence-electron chi connectivity index (χ2n) is 7.96. The molecule has 4 nitrogen and oxygen atoms in total. The van der Waals surface area contributed by atoms with Gasteiger partial charge in [0.05, 0.1) is 5.92 Å². The van der Waals surface area contributed by atoms with Gasteiger partial charge in [-0.25, -0.2) is 0 Å². The van der Waals surface area contributed by atoms with Crippen LogP contribution in [0.3, 0.4) is 0 Å². The Bertz CT molecular complexity index is 1070. The molecule has 7 rings (SSSR count). The standard InChI is InChI=1S/C25H20N4/c1-3-8-18(9-4-1)26-14-16-28-20-12-7-13-21-22(20)23(24(26)28)25-27(15-17-29(21)25)19-10-5-2-6-11-19/h1-17,23-25H. The third kappa shape index (κ3) is 1.88. The molecule has 4 aliphatic heterocycles. The van der Waals surface area contributed by atoms with Gasteiger partial charge in [-0.3, -0.25) is 0 Å². The first-order valence-electron chi connectivity index (χ1n) is 10.1. The fourth-order valence-corrected chi connectivity index (χ4v) is 5.51. The van der Waals surface area contributed by atoms with Crippen molar-refractivity contribution >= 4 is 22.7 Å². The molecule has 0 spiro atoms. The smallest absolute Gasteiger partial charge is 0.121 e. The number of hydrogen-bond donors (Lipinski definition) is 0. The first kappa shape index (κ1) is 15.3. The lowest BCUT2D eigenvalue weighted by molar-refractivity contribution is 0.503. The molecular formula is C25H20N4. The predicted molar refractivity (Wildman–Crippen MR) is 118 cm³/mol. The number of hydrogen-bond acceptors (Lipinski definition) is 4. The molecule has 3 aromatic rings. The number of nitrogens with zero attached hydrogens (tertiary/aromatic N) is 4. The van der Waals surface area contributed by atoms with Crippen LogP contribution >= 0.6 is 0 Å². The van der Waals surface area contributed by atoms with Crippen molar-refractivity contribution in [3.05, 3.63) is 109 Å². The van der Waals surface area contributed by atoms with Crippen molar-refractivity contribution in [3.63, 3.8) is 0 Å². The molecule has 0 amide bonds. The van der Waals surface area contributed by atoms with E-state index in [9.17, 15) is 0 Å². The maximum absolute atomic E-state index is 2.45. The van der Waals surface area contributed by atoms with Gasteiger partial charge in [0.2, 0.25) is 0 Å². The van der Waals surface area contributed by atoms with Crippen LogP contribution in [0.2, 0.25) is 0 Å². The number of rotatable bonds is 2. The monoisotopic (exact) mass is 376 g/mol. The van der Waals surface area contributed by atoms with Crippen molar-refractivity contribution < 1.29 is 0 Å². The molecule has 4 aliphatic rings. The summed E-state index contributed by atoms with van der Waals surface area (Å²) in [7, 11) is 0. The van der Waals surface area contributed by atoms with E-state index in [1.54, 1.807) is 0 Å². The van der Waals surface area contributed by atoms with E-state index in [1.165, 1.54) is 28.3 Å². The second-order valence-corrected chi connectivity index (χ2v) is 7.96. The third-order valence-corrected chi connectivity index (χ3v) is 6.62. The minimum atomic E-state index is 0.245. The largest absolute Gasteiger partial charge is 0.325 e. The van der Waals surface area contributed by atoms with Gasteiger partial charge in [0.1, 0.15) is 12.3 Å². The van der Waals surface area contributed by atoms with Gasteiger partial charge in [0.15, 0.2) is 0 Å². The Morgan fingerprint density at radius 2 is 0.897 bits per heavy atom. The van der Waals surface area contributed by atoms with Crippen molar-refractivity contribution in [2.75, 3.05) is 19.6 Å². The summed E-state index contributed by atoms with van der Waals surface area (Å²) < 4.78 is 0.